The third-order valence-corrected chi connectivity index (χ3v) is 3.48. The Bertz CT molecular complexity index is 407. The second kappa shape index (κ2) is 5.53. The predicted octanol–water partition coefficient (Wildman–Crippen LogP) is 2.26. The summed E-state index contributed by atoms with van der Waals surface area (Å²) in [5.74, 6) is 0.606. The maximum Gasteiger partial charge on any atom is 0.236 e. The van der Waals surface area contributed by atoms with Crippen molar-refractivity contribution in [1.82, 2.24) is 4.90 Å². The van der Waals surface area contributed by atoms with Crippen molar-refractivity contribution >= 4 is 5.91 Å². The smallest absolute Gasteiger partial charge is 0.236 e. The van der Waals surface area contributed by atoms with Crippen molar-refractivity contribution in [3.05, 3.63) is 35.4 Å². The van der Waals surface area contributed by atoms with Gasteiger partial charge >= 0.3 is 0 Å². The van der Waals surface area contributed by atoms with Gasteiger partial charge in [0.25, 0.3) is 0 Å². The summed E-state index contributed by atoms with van der Waals surface area (Å²) in [6.45, 7) is 5.17. The topological polar surface area (TPSA) is 46.3 Å². The molecule has 0 atom stereocenters. The van der Waals surface area contributed by atoms with Gasteiger partial charge in [0, 0.05) is 12.6 Å². The first-order chi connectivity index (χ1) is 8.61. The number of nitrogens with two attached hydrogens (primary N) is 1. The predicted molar refractivity (Wildman–Crippen MR) is 73.2 cm³/mol. The zero-order valence-electron chi connectivity index (χ0n) is 11.2. The van der Waals surface area contributed by atoms with Crippen molar-refractivity contribution in [3.63, 3.8) is 0 Å². The third kappa shape index (κ3) is 3.10. The van der Waals surface area contributed by atoms with Crippen LogP contribution in [0.1, 0.15) is 43.7 Å². The first kappa shape index (κ1) is 13.1. The summed E-state index contributed by atoms with van der Waals surface area (Å²) in [4.78, 5) is 13.7. The van der Waals surface area contributed by atoms with Crippen LogP contribution in [0, 0.1) is 0 Å². The molecule has 0 spiro atoms. The highest BCUT2D eigenvalue weighted by Gasteiger charge is 2.31. The number of hydrogen-bond acceptors (Lipinski definition) is 2. The van der Waals surface area contributed by atoms with Gasteiger partial charge in [-0.3, -0.25) is 4.79 Å². The summed E-state index contributed by atoms with van der Waals surface area (Å²) < 4.78 is 0. The molecule has 1 aliphatic rings. The van der Waals surface area contributed by atoms with Gasteiger partial charge in [-0.05, 0) is 29.9 Å². The van der Waals surface area contributed by atoms with E-state index in [-0.39, 0.29) is 12.5 Å². The summed E-state index contributed by atoms with van der Waals surface area (Å²) in [5, 5.41) is 0. The van der Waals surface area contributed by atoms with Gasteiger partial charge in [-0.1, -0.05) is 38.1 Å². The maximum absolute atomic E-state index is 11.8. The normalized spacial score (nSPS) is 14.9. The number of nitrogens with zero attached hydrogens (tertiary/aromatic N) is 1. The largest absolute Gasteiger partial charge is 0.334 e. The van der Waals surface area contributed by atoms with Crippen LogP contribution in [-0.4, -0.2) is 23.4 Å². The van der Waals surface area contributed by atoms with E-state index in [0.717, 1.165) is 12.8 Å². The lowest BCUT2D eigenvalue weighted by Gasteiger charge is -2.22. The van der Waals surface area contributed by atoms with E-state index in [1.807, 2.05) is 4.90 Å². The number of carbonyl (C=O) groups excluding carboxylic acids is 1. The van der Waals surface area contributed by atoms with Gasteiger partial charge in [0.1, 0.15) is 0 Å². The van der Waals surface area contributed by atoms with Crippen LogP contribution in [0.15, 0.2) is 24.3 Å². The van der Waals surface area contributed by atoms with E-state index in [0.29, 0.717) is 18.5 Å². The van der Waals surface area contributed by atoms with Crippen LogP contribution < -0.4 is 5.73 Å². The molecular weight excluding hydrogens is 224 g/mol. The van der Waals surface area contributed by atoms with E-state index >= 15 is 0 Å². The molecule has 1 aromatic carbocycles. The molecule has 2 N–H and O–H groups in total. The van der Waals surface area contributed by atoms with Gasteiger partial charge in [0.15, 0.2) is 0 Å². The van der Waals surface area contributed by atoms with E-state index in [9.17, 15) is 4.79 Å². The zero-order chi connectivity index (χ0) is 13.1. The molecule has 0 unspecified atom stereocenters. The molecule has 3 nitrogen and oxygen atoms in total. The lowest BCUT2D eigenvalue weighted by Crippen LogP contribution is -2.37. The van der Waals surface area contributed by atoms with Gasteiger partial charge in [-0.2, -0.15) is 0 Å². The van der Waals surface area contributed by atoms with Crippen LogP contribution in [0.25, 0.3) is 0 Å². The van der Waals surface area contributed by atoms with Gasteiger partial charge in [-0.25, -0.2) is 0 Å². The fourth-order valence-electron chi connectivity index (χ4n) is 2.13. The molecule has 98 valence electrons. The van der Waals surface area contributed by atoms with Crippen LogP contribution in [0.2, 0.25) is 0 Å². The molecule has 0 bridgehead atoms. The number of benzene rings is 1. The SMILES string of the molecule is CC(C)c1ccc(CN(C(=O)CN)C2CC2)cc1. The van der Waals surface area contributed by atoms with E-state index in [1.165, 1.54) is 11.1 Å². The van der Waals surface area contributed by atoms with Crippen LogP contribution in [0.5, 0.6) is 0 Å². The maximum atomic E-state index is 11.8. The van der Waals surface area contributed by atoms with E-state index < -0.39 is 0 Å². The second-order valence-electron chi connectivity index (χ2n) is 5.35. The number of amides is 1. The summed E-state index contributed by atoms with van der Waals surface area (Å²) in [6, 6.07) is 8.96. The van der Waals surface area contributed by atoms with Crippen LogP contribution >= 0.6 is 0 Å². The Morgan fingerprint density at radius 2 is 1.94 bits per heavy atom. The standard InChI is InChI=1S/C15H22N2O/c1-11(2)13-5-3-12(4-6-13)10-17(14-7-8-14)15(18)9-16/h3-6,11,14H,7-10,16H2,1-2H3. The first-order valence-corrected chi connectivity index (χ1v) is 6.70. The molecule has 1 saturated carbocycles. The molecule has 1 fully saturated rings. The highest BCUT2D eigenvalue weighted by atomic mass is 16.2. The third-order valence-electron chi connectivity index (χ3n) is 3.48. The summed E-state index contributed by atoms with van der Waals surface area (Å²) >= 11 is 0. The van der Waals surface area contributed by atoms with Gasteiger partial charge in [0.2, 0.25) is 5.91 Å². The lowest BCUT2D eigenvalue weighted by molar-refractivity contribution is -0.130. The van der Waals surface area contributed by atoms with Crippen molar-refractivity contribution < 1.29 is 4.79 Å². The minimum atomic E-state index is 0.0606. The van der Waals surface area contributed by atoms with Gasteiger partial charge < -0.3 is 10.6 Å². The number of hydrogen-bond donors (Lipinski definition) is 1. The molecule has 1 amide bonds. The van der Waals surface area contributed by atoms with Gasteiger partial charge in [-0.15, -0.1) is 0 Å². The minimum Gasteiger partial charge on any atom is -0.334 e. The number of rotatable bonds is 5. The molecule has 1 aromatic rings. The second-order valence-corrected chi connectivity index (χ2v) is 5.35. The fraction of sp³-hybridized carbons (Fsp3) is 0.533. The Kier molecular flexibility index (Phi) is 4.02. The van der Waals surface area contributed by atoms with Crippen molar-refractivity contribution in [2.24, 2.45) is 5.73 Å². The molecule has 0 radical (unpaired) electrons. The molecule has 0 saturated heterocycles. The Morgan fingerprint density at radius 3 is 2.39 bits per heavy atom. The fourth-order valence-corrected chi connectivity index (χ4v) is 2.13. The van der Waals surface area contributed by atoms with Crippen LogP contribution in [0.3, 0.4) is 0 Å². The number of carbonyl (C=O) groups is 1. The quantitative estimate of drug-likeness (QED) is 0.866. The van der Waals surface area contributed by atoms with Crippen LogP contribution in [-0.2, 0) is 11.3 Å². The minimum absolute atomic E-state index is 0.0606. The van der Waals surface area contributed by atoms with Crippen molar-refractivity contribution in [1.29, 1.82) is 0 Å². The van der Waals surface area contributed by atoms with E-state index in [1.54, 1.807) is 0 Å². The molecule has 1 aliphatic carbocycles. The first-order valence-electron chi connectivity index (χ1n) is 6.70. The zero-order valence-corrected chi connectivity index (χ0v) is 11.2. The van der Waals surface area contributed by atoms with Crippen molar-refractivity contribution in [3.8, 4) is 0 Å². The molecule has 18 heavy (non-hydrogen) atoms. The molecule has 0 aliphatic heterocycles. The van der Waals surface area contributed by atoms with E-state index in [2.05, 4.69) is 38.1 Å². The lowest BCUT2D eigenvalue weighted by atomic mass is 10.0. The average molecular weight is 246 g/mol. The molecular formula is C15H22N2O. The molecule has 0 heterocycles. The highest BCUT2D eigenvalue weighted by molar-refractivity contribution is 5.78. The summed E-state index contributed by atoms with van der Waals surface area (Å²) in [5.41, 5.74) is 7.99. The molecule has 0 aromatic heterocycles. The molecule has 3 heteroatoms. The van der Waals surface area contributed by atoms with E-state index in [4.69, 9.17) is 5.73 Å². The van der Waals surface area contributed by atoms with Crippen molar-refractivity contribution in [2.75, 3.05) is 6.54 Å². The van der Waals surface area contributed by atoms with Gasteiger partial charge in [0.05, 0.1) is 6.54 Å². The Morgan fingerprint density at radius 1 is 1.33 bits per heavy atom. The summed E-state index contributed by atoms with van der Waals surface area (Å²) in [7, 11) is 0. The molecule has 2 rings (SSSR count). The highest BCUT2D eigenvalue weighted by Crippen LogP contribution is 2.28. The summed E-state index contributed by atoms with van der Waals surface area (Å²) in [6.07, 6.45) is 2.24. The average Bonchev–Trinajstić information content (AvgIpc) is 3.20. The Balaban J connectivity index is 2.04. The van der Waals surface area contributed by atoms with Crippen molar-refractivity contribution in [2.45, 2.75) is 45.2 Å². The Hall–Kier alpha value is -1.35. The monoisotopic (exact) mass is 246 g/mol. The Labute approximate surface area is 109 Å². The van der Waals surface area contributed by atoms with Crippen LogP contribution in [0.4, 0.5) is 0 Å².